The third kappa shape index (κ3) is 4.75. The van der Waals surface area contributed by atoms with Gasteiger partial charge in [-0.2, -0.15) is 0 Å². The number of benzene rings is 1. The van der Waals surface area contributed by atoms with E-state index >= 15 is 0 Å². The van der Waals surface area contributed by atoms with E-state index in [-0.39, 0.29) is 18.4 Å². The zero-order valence-electron chi connectivity index (χ0n) is 12.3. The van der Waals surface area contributed by atoms with Crippen LogP contribution in [0.15, 0.2) is 47.1 Å². The minimum absolute atomic E-state index is 0.0892. The van der Waals surface area contributed by atoms with Crippen molar-refractivity contribution in [2.45, 2.75) is 13.2 Å². The van der Waals surface area contributed by atoms with Crippen LogP contribution in [0.2, 0.25) is 0 Å². The van der Waals surface area contributed by atoms with Crippen molar-refractivity contribution in [3.63, 3.8) is 0 Å². The van der Waals surface area contributed by atoms with Gasteiger partial charge >= 0.3 is 0 Å². The fraction of sp³-hybridized carbons (Fsp3) is 0.250. The minimum Gasteiger partial charge on any atom is -0.467 e. The molecule has 2 rings (SSSR count). The van der Waals surface area contributed by atoms with E-state index in [4.69, 9.17) is 9.15 Å². The number of ether oxygens (including phenoxy) is 1. The number of methoxy groups -OCH3 is 1. The zero-order chi connectivity index (χ0) is 15.8. The highest BCUT2D eigenvalue weighted by Crippen LogP contribution is 2.06. The summed E-state index contributed by atoms with van der Waals surface area (Å²) in [6.07, 6.45) is 1.54. The van der Waals surface area contributed by atoms with Crippen molar-refractivity contribution >= 4 is 11.8 Å². The number of amides is 2. The molecular weight excluding hydrogens is 284 g/mol. The van der Waals surface area contributed by atoms with Crippen molar-refractivity contribution in [1.29, 1.82) is 0 Å². The maximum absolute atomic E-state index is 12.0. The second-order valence-electron chi connectivity index (χ2n) is 4.67. The topological polar surface area (TPSA) is 80.6 Å². The third-order valence-electron chi connectivity index (χ3n) is 2.95. The molecule has 0 bridgehead atoms. The lowest BCUT2D eigenvalue weighted by Crippen LogP contribution is -2.36. The lowest BCUT2D eigenvalue weighted by molar-refractivity contribution is -0.120. The molecule has 0 saturated carbocycles. The average molecular weight is 302 g/mol. The largest absolute Gasteiger partial charge is 0.467 e. The summed E-state index contributed by atoms with van der Waals surface area (Å²) < 4.78 is 10.1. The first-order valence-electron chi connectivity index (χ1n) is 6.84. The molecule has 6 heteroatoms. The molecule has 0 atom stereocenters. The predicted octanol–water partition coefficient (Wildman–Crippen LogP) is 1.47. The Labute approximate surface area is 128 Å². The first-order chi connectivity index (χ1) is 10.7. The summed E-state index contributed by atoms with van der Waals surface area (Å²) in [5, 5.41) is 5.23. The summed E-state index contributed by atoms with van der Waals surface area (Å²) in [6, 6.07) is 10.6. The van der Waals surface area contributed by atoms with E-state index in [9.17, 15) is 9.59 Å². The van der Waals surface area contributed by atoms with Gasteiger partial charge in [-0.15, -0.1) is 0 Å². The molecule has 1 heterocycles. The Hall–Kier alpha value is -2.60. The Balaban J connectivity index is 1.79. The van der Waals surface area contributed by atoms with Crippen LogP contribution < -0.4 is 10.6 Å². The van der Waals surface area contributed by atoms with Crippen LogP contribution >= 0.6 is 0 Å². The van der Waals surface area contributed by atoms with Gasteiger partial charge in [-0.05, 0) is 29.8 Å². The number of furan rings is 1. The van der Waals surface area contributed by atoms with Crippen LogP contribution in [0.25, 0.3) is 0 Å². The molecule has 0 aliphatic carbocycles. The molecular formula is C16H18N2O4. The van der Waals surface area contributed by atoms with Crippen molar-refractivity contribution in [2.75, 3.05) is 13.7 Å². The van der Waals surface area contributed by atoms with E-state index in [1.54, 1.807) is 37.4 Å². The Bertz CT molecular complexity index is 623. The number of carbonyl (C=O) groups is 2. The van der Waals surface area contributed by atoms with Crippen molar-refractivity contribution in [3.8, 4) is 0 Å². The number of hydrogen-bond donors (Lipinski definition) is 2. The summed E-state index contributed by atoms with van der Waals surface area (Å²) in [7, 11) is 1.59. The standard InChI is InChI=1S/C16H18N2O4/c1-21-11-12-4-2-5-13(8-12)16(20)18-10-15(19)17-9-14-6-3-7-22-14/h2-8H,9-11H2,1H3,(H,17,19)(H,18,20). The van der Waals surface area contributed by atoms with Crippen LogP contribution in [0.1, 0.15) is 21.7 Å². The SMILES string of the molecule is COCc1cccc(C(=O)NCC(=O)NCc2ccco2)c1. The van der Waals surface area contributed by atoms with Gasteiger partial charge in [0.15, 0.2) is 0 Å². The second-order valence-corrected chi connectivity index (χ2v) is 4.67. The lowest BCUT2D eigenvalue weighted by atomic mass is 10.1. The molecule has 0 aliphatic heterocycles. The van der Waals surface area contributed by atoms with Gasteiger partial charge in [-0.3, -0.25) is 9.59 Å². The van der Waals surface area contributed by atoms with Crippen LogP contribution in [0.4, 0.5) is 0 Å². The van der Waals surface area contributed by atoms with E-state index in [2.05, 4.69) is 10.6 Å². The van der Waals surface area contributed by atoms with E-state index in [0.29, 0.717) is 24.5 Å². The Kier molecular flexibility index (Phi) is 5.73. The monoisotopic (exact) mass is 302 g/mol. The van der Waals surface area contributed by atoms with Gasteiger partial charge in [-0.25, -0.2) is 0 Å². The van der Waals surface area contributed by atoms with E-state index in [1.807, 2.05) is 6.07 Å². The fourth-order valence-electron chi connectivity index (χ4n) is 1.89. The van der Waals surface area contributed by atoms with Gasteiger partial charge in [0, 0.05) is 12.7 Å². The Morgan fingerprint density at radius 3 is 2.77 bits per heavy atom. The Morgan fingerprint density at radius 2 is 2.05 bits per heavy atom. The van der Waals surface area contributed by atoms with Crippen molar-refractivity contribution in [2.24, 2.45) is 0 Å². The highest BCUT2D eigenvalue weighted by Gasteiger charge is 2.09. The maximum Gasteiger partial charge on any atom is 0.251 e. The van der Waals surface area contributed by atoms with Crippen LogP contribution in [-0.2, 0) is 22.7 Å². The van der Waals surface area contributed by atoms with Crippen molar-refractivity contribution in [3.05, 3.63) is 59.5 Å². The molecule has 0 unspecified atom stereocenters. The van der Waals surface area contributed by atoms with Gasteiger partial charge in [0.1, 0.15) is 5.76 Å². The molecule has 2 amide bonds. The smallest absolute Gasteiger partial charge is 0.251 e. The molecule has 0 spiro atoms. The predicted molar refractivity (Wildman–Crippen MR) is 80.0 cm³/mol. The number of carbonyl (C=O) groups excluding carboxylic acids is 2. The maximum atomic E-state index is 12.0. The third-order valence-corrected chi connectivity index (χ3v) is 2.95. The van der Waals surface area contributed by atoms with Crippen LogP contribution in [-0.4, -0.2) is 25.5 Å². The van der Waals surface area contributed by atoms with Crippen LogP contribution in [0.3, 0.4) is 0 Å². The molecule has 0 radical (unpaired) electrons. The first-order valence-corrected chi connectivity index (χ1v) is 6.84. The van der Waals surface area contributed by atoms with Crippen LogP contribution in [0.5, 0.6) is 0 Å². The lowest BCUT2D eigenvalue weighted by Gasteiger charge is -2.07. The molecule has 6 nitrogen and oxygen atoms in total. The molecule has 0 fully saturated rings. The zero-order valence-corrected chi connectivity index (χ0v) is 12.3. The highest BCUT2D eigenvalue weighted by atomic mass is 16.5. The minimum atomic E-state index is -0.300. The number of nitrogens with one attached hydrogen (secondary N) is 2. The fourth-order valence-corrected chi connectivity index (χ4v) is 1.89. The van der Waals surface area contributed by atoms with Crippen LogP contribution in [0, 0.1) is 0 Å². The number of hydrogen-bond acceptors (Lipinski definition) is 4. The van der Waals surface area contributed by atoms with Gasteiger partial charge in [-0.1, -0.05) is 12.1 Å². The van der Waals surface area contributed by atoms with Gasteiger partial charge in [0.05, 0.1) is 26.0 Å². The quantitative estimate of drug-likeness (QED) is 0.811. The summed E-state index contributed by atoms with van der Waals surface area (Å²) in [4.78, 5) is 23.6. The second kappa shape index (κ2) is 7.99. The van der Waals surface area contributed by atoms with Gasteiger partial charge in [0.25, 0.3) is 5.91 Å². The molecule has 1 aromatic heterocycles. The summed E-state index contributed by atoms with van der Waals surface area (Å²) >= 11 is 0. The number of rotatable bonds is 7. The molecule has 116 valence electrons. The Morgan fingerprint density at radius 1 is 1.18 bits per heavy atom. The first kappa shape index (κ1) is 15.8. The molecule has 2 aromatic rings. The van der Waals surface area contributed by atoms with Crippen molar-refractivity contribution < 1.29 is 18.7 Å². The van der Waals surface area contributed by atoms with Gasteiger partial charge in [0.2, 0.25) is 5.91 Å². The summed E-state index contributed by atoms with van der Waals surface area (Å²) in [5.41, 5.74) is 1.39. The average Bonchev–Trinajstić information content (AvgIpc) is 3.04. The summed E-state index contributed by atoms with van der Waals surface area (Å²) in [6.45, 7) is 0.643. The highest BCUT2D eigenvalue weighted by molar-refractivity contribution is 5.96. The van der Waals surface area contributed by atoms with E-state index in [1.165, 1.54) is 6.26 Å². The summed E-state index contributed by atoms with van der Waals surface area (Å²) in [5.74, 6) is 0.0795. The van der Waals surface area contributed by atoms with Gasteiger partial charge < -0.3 is 19.8 Å². The van der Waals surface area contributed by atoms with E-state index < -0.39 is 0 Å². The molecule has 0 aliphatic rings. The normalized spacial score (nSPS) is 10.2. The molecule has 22 heavy (non-hydrogen) atoms. The van der Waals surface area contributed by atoms with Crippen molar-refractivity contribution in [1.82, 2.24) is 10.6 Å². The molecule has 2 N–H and O–H groups in total. The van der Waals surface area contributed by atoms with E-state index in [0.717, 1.165) is 5.56 Å². The molecule has 1 aromatic carbocycles. The molecule has 0 saturated heterocycles.